The molecule has 0 aliphatic rings. The number of aromatic nitrogens is 1. The van der Waals surface area contributed by atoms with Crippen LogP contribution < -0.4 is 9.47 Å². The first-order valence-electron chi connectivity index (χ1n) is 9.91. The minimum atomic E-state index is -3.01. The first-order chi connectivity index (χ1) is 15.1. The number of carbonyl (C=O) groups excluding carboxylic acids is 2. The Bertz CT molecular complexity index is 1190. The molecule has 0 spiro atoms. The molecule has 0 bridgehead atoms. The summed E-state index contributed by atoms with van der Waals surface area (Å²) >= 11 is 0. The average molecular weight is 449 g/mol. The highest BCUT2D eigenvalue weighted by Crippen LogP contribution is 2.44. The molecule has 1 N–H and O–H groups in total. The summed E-state index contributed by atoms with van der Waals surface area (Å²) in [7, 11) is 0. The molecule has 1 heterocycles. The summed E-state index contributed by atoms with van der Waals surface area (Å²) in [4.78, 5) is 25.1. The second-order valence-electron chi connectivity index (χ2n) is 7.38. The predicted molar refractivity (Wildman–Crippen MR) is 111 cm³/mol. The molecule has 3 aromatic rings. The lowest BCUT2D eigenvalue weighted by Crippen LogP contribution is -2.14. The van der Waals surface area contributed by atoms with Gasteiger partial charge in [-0.25, -0.2) is 4.39 Å². The number of hydrogen-bond donors (Lipinski definition) is 1. The van der Waals surface area contributed by atoms with Crippen molar-refractivity contribution in [3.8, 4) is 17.2 Å². The Kier molecular flexibility index (Phi) is 6.47. The Morgan fingerprint density at radius 2 is 1.81 bits per heavy atom. The first kappa shape index (κ1) is 23.2. The van der Waals surface area contributed by atoms with Crippen LogP contribution in [0.15, 0.2) is 30.3 Å². The molecule has 3 rings (SSSR count). The number of benzene rings is 2. The zero-order valence-corrected chi connectivity index (χ0v) is 17.9. The maximum absolute atomic E-state index is 14.7. The smallest absolute Gasteiger partial charge is 0.387 e. The van der Waals surface area contributed by atoms with Crippen LogP contribution in [0, 0.1) is 12.7 Å². The highest BCUT2D eigenvalue weighted by atomic mass is 19.3. The van der Waals surface area contributed by atoms with Crippen molar-refractivity contribution in [2.24, 2.45) is 0 Å². The van der Waals surface area contributed by atoms with E-state index in [1.54, 1.807) is 6.92 Å². The summed E-state index contributed by atoms with van der Waals surface area (Å²) in [6.07, 6.45) is 0.551. The quantitative estimate of drug-likeness (QED) is 0.501. The summed E-state index contributed by atoms with van der Waals surface area (Å²) in [6.45, 7) is 3.35. The van der Waals surface area contributed by atoms with E-state index in [4.69, 9.17) is 4.74 Å². The summed E-state index contributed by atoms with van der Waals surface area (Å²) in [5.41, 5.74) is 0.679. The van der Waals surface area contributed by atoms with Crippen LogP contribution in [0.4, 0.5) is 13.2 Å². The van der Waals surface area contributed by atoms with Gasteiger partial charge in [-0.05, 0) is 43.5 Å². The SMILES string of the molecule is CC[C@H](C)c1c(O)c(F)cc2c1c(OC(C)=O)c(C)n2C(=O)c1ccc(OC(F)F)cc1. The largest absolute Gasteiger partial charge is 0.505 e. The van der Waals surface area contributed by atoms with Crippen LogP contribution in [0.3, 0.4) is 0 Å². The summed E-state index contributed by atoms with van der Waals surface area (Å²) in [6, 6.07) is 6.02. The van der Waals surface area contributed by atoms with Crippen molar-refractivity contribution in [2.45, 2.75) is 46.6 Å². The Hall–Kier alpha value is -3.49. The third-order valence-corrected chi connectivity index (χ3v) is 5.28. The maximum atomic E-state index is 14.7. The summed E-state index contributed by atoms with van der Waals surface area (Å²) in [5.74, 6) is -3.13. The number of carbonyl (C=O) groups is 2. The fourth-order valence-electron chi connectivity index (χ4n) is 3.65. The van der Waals surface area contributed by atoms with Crippen LogP contribution in [0.5, 0.6) is 17.2 Å². The van der Waals surface area contributed by atoms with E-state index in [0.29, 0.717) is 6.42 Å². The molecule has 170 valence electrons. The fraction of sp³-hybridized carbons (Fsp3) is 0.304. The van der Waals surface area contributed by atoms with Crippen molar-refractivity contribution in [1.29, 1.82) is 0 Å². The minimum absolute atomic E-state index is 0.0455. The summed E-state index contributed by atoms with van der Waals surface area (Å²) in [5, 5.41) is 10.7. The van der Waals surface area contributed by atoms with Crippen molar-refractivity contribution >= 4 is 22.8 Å². The Labute approximate surface area is 182 Å². The average Bonchev–Trinajstić information content (AvgIpc) is 2.98. The highest BCUT2D eigenvalue weighted by molar-refractivity contribution is 6.07. The van der Waals surface area contributed by atoms with E-state index in [-0.39, 0.29) is 45.1 Å². The lowest BCUT2D eigenvalue weighted by Gasteiger charge is -2.15. The third kappa shape index (κ3) is 4.15. The van der Waals surface area contributed by atoms with Crippen LogP contribution in [-0.2, 0) is 4.79 Å². The van der Waals surface area contributed by atoms with Crippen molar-refractivity contribution in [3.05, 3.63) is 53.0 Å². The molecule has 0 radical (unpaired) electrons. The van der Waals surface area contributed by atoms with Gasteiger partial charge in [0, 0.05) is 24.1 Å². The monoisotopic (exact) mass is 449 g/mol. The number of phenols is 1. The number of ether oxygens (including phenoxy) is 2. The standard InChI is InChI=1S/C23H22F3NO5/c1-5-11(2)18-19-17(10-16(24)20(18)29)27(12(3)21(19)31-13(4)28)22(30)14-6-8-15(9-7-14)32-23(25)26/h6-11,23,29H,5H2,1-4H3/t11-/m0/s1. The molecule has 0 amide bonds. The van der Waals surface area contributed by atoms with Gasteiger partial charge in [0.05, 0.1) is 16.6 Å². The normalized spacial score (nSPS) is 12.2. The highest BCUT2D eigenvalue weighted by Gasteiger charge is 2.29. The van der Waals surface area contributed by atoms with Crippen molar-refractivity contribution < 1.29 is 37.3 Å². The number of rotatable bonds is 6. The van der Waals surface area contributed by atoms with Gasteiger partial charge in [0.25, 0.3) is 5.91 Å². The van der Waals surface area contributed by atoms with Gasteiger partial charge in [-0.1, -0.05) is 13.8 Å². The zero-order valence-electron chi connectivity index (χ0n) is 17.9. The van der Waals surface area contributed by atoms with E-state index in [1.165, 1.54) is 42.7 Å². The van der Waals surface area contributed by atoms with Gasteiger partial charge < -0.3 is 14.6 Å². The van der Waals surface area contributed by atoms with E-state index < -0.39 is 30.1 Å². The lowest BCUT2D eigenvalue weighted by atomic mass is 9.93. The number of alkyl halides is 2. The van der Waals surface area contributed by atoms with Gasteiger partial charge >= 0.3 is 12.6 Å². The molecule has 0 aliphatic carbocycles. The van der Waals surface area contributed by atoms with Gasteiger partial charge in [0.1, 0.15) is 5.75 Å². The number of aromatic hydroxyl groups is 1. The van der Waals surface area contributed by atoms with E-state index in [2.05, 4.69) is 4.74 Å². The Morgan fingerprint density at radius 1 is 1.19 bits per heavy atom. The molecule has 0 aliphatic heterocycles. The molecule has 32 heavy (non-hydrogen) atoms. The minimum Gasteiger partial charge on any atom is -0.505 e. The lowest BCUT2D eigenvalue weighted by molar-refractivity contribution is -0.131. The van der Waals surface area contributed by atoms with Crippen LogP contribution in [-0.4, -0.2) is 28.2 Å². The number of esters is 1. The molecule has 1 atom stereocenters. The molecule has 1 aromatic heterocycles. The van der Waals surface area contributed by atoms with Crippen LogP contribution in [0.1, 0.15) is 54.7 Å². The second-order valence-corrected chi connectivity index (χ2v) is 7.38. The van der Waals surface area contributed by atoms with E-state index in [0.717, 1.165) is 6.07 Å². The topological polar surface area (TPSA) is 77.8 Å². The molecular formula is C23H22F3NO5. The summed E-state index contributed by atoms with van der Waals surface area (Å²) < 4.78 is 50.3. The van der Waals surface area contributed by atoms with E-state index >= 15 is 0 Å². The van der Waals surface area contributed by atoms with Gasteiger partial charge in [-0.3, -0.25) is 14.2 Å². The number of halogens is 3. The Morgan fingerprint density at radius 3 is 2.34 bits per heavy atom. The molecule has 6 nitrogen and oxygen atoms in total. The van der Waals surface area contributed by atoms with Crippen LogP contribution in [0.2, 0.25) is 0 Å². The van der Waals surface area contributed by atoms with Gasteiger partial charge in [-0.15, -0.1) is 0 Å². The molecular weight excluding hydrogens is 427 g/mol. The van der Waals surface area contributed by atoms with Gasteiger partial charge in [-0.2, -0.15) is 8.78 Å². The fourth-order valence-corrected chi connectivity index (χ4v) is 3.65. The third-order valence-electron chi connectivity index (χ3n) is 5.28. The predicted octanol–water partition coefficient (Wildman–Crippen LogP) is 5.52. The first-order valence-corrected chi connectivity index (χ1v) is 9.91. The van der Waals surface area contributed by atoms with Gasteiger partial charge in [0.2, 0.25) is 0 Å². The zero-order chi connectivity index (χ0) is 23.7. The second kappa shape index (κ2) is 8.94. The number of fused-ring (bicyclic) bond motifs is 1. The number of nitrogens with zero attached hydrogens (tertiary/aromatic N) is 1. The molecule has 0 fully saturated rings. The van der Waals surface area contributed by atoms with Gasteiger partial charge in [0.15, 0.2) is 17.3 Å². The number of phenolic OH excluding ortho intramolecular Hbond substituents is 1. The van der Waals surface area contributed by atoms with E-state index in [1.807, 2.05) is 6.92 Å². The maximum Gasteiger partial charge on any atom is 0.387 e. The van der Waals surface area contributed by atoms with Crippen LogP contribution >= 0.6 is 0 Å². The van der Waals surface area contributed by atoms with E-state index in [9.17, 15) is 27.9 Å². The van der Waals surface area contributed by atoms with Crippen molar-refractivity contribution in [3.63, 3.8) is 0 Å². The van der Waals surface area contributed by atoms with Crippen molar-refractivity contribution in [1.82, 2.24) is 4.57 Å². The van der Waals surface area contributed by atoms with Crippen molar-refractivity contribution in [2.75, 3.05) is 0 Å². The Balaban J connectivity index is 2.27. The molecule has 0 saturated heterocycles. The molecule has 9 heteroatoms. The number of hydrogen-bond acceptors (Lipinski definition) is 5. The molecule has 2 aromatic carbocycles. The van der Waals surface area contributed by atoms with Crippen LogP contribution in [0.25, 0.3) is 10.9 Å². The molecule has 0 saturated carbocycles. The molecule has 0 unspecified atom stereocenters.